The highest BCUT2D eigenvalue weighted by atomic mass is 35.5. The Morgan fingerprint density at radius 2 is 1.80 bits per heavy atom. The number of carbonyl (C=O) groups is 3. The normalized spacial score (nSPS) is 16.8. The molecule has 1 aliphatic heterocycles. The zero-order valence-corrected chi connectivity index (χ0v) is 20.1. The molecule has 0 radical (unpaired) electrons. The number of hydrogen-bond donors (Lipinski definition) is 2. The van der Waals surface area contributed by atoms with E-state index < -0.39 is 11.2 Å². The van der Waals surface area contributed by atoms with Crippen LogP contribution in [0.3, 0.4) is 0 Å². The predicted octanol–water partition coefficient (Wildman–Crippen LogP) is 5.24. The van der Waals surface area contributed by atoms with Gasteiger partial charge in [0.05, 0.1) is 11.3 Å². The number of nitrogens with zero attached hydrogens (tertiary/aromatic N) is 2. The monoisotopic (exact) mass is 507 g/mol. The lowest BCUT2D eigenvalue weighted by atomic mass is 10.1. The number of aromatic carboxylic acids is 1. The highest BCUT2D eigenvalue weighted by molar-refractivity contribution is 8.15. The van der Waals surface area contributed by atoms with E-state index in [1.54, 1.807) is 17.0 Å². The second kappa shape index (κ2) is 11.2. The Hall–Kier alpha value is -3.62. The molecule has 3 aromatic carbocycles. The molecule has 0 bridgehead atoms. The average Bonchev–Trinajstić information content (AvgIpc) is 2.85. The van der Waals surface area contributed by atoms with Gasteiger partial charge >= 0.3 is 5.97 Å². The number of halogens is 1. The Bertz CT molecular complexity index is 1270. The van der Waals surface area contributed by atoms with Crippen molar-refractivity contribution in [3.63, 3.8) is 0 Å². The molecule has 1 saturated heterocycles. The molecule has 0 spiro atoms. The van der Waals surface area contributed by atoms with Gasteiger partial charge in [-0.15, -0.1) is 0 Å². The summed E-state index contributed by atoms with van der Waals surface area (Å²) in [7, 11) is 0. The van der Waals surface area contributed by atoms with Crippen LogP contribution in [0.2, 0.25) is 5.02 Å². The van der Waals surface area contributed by atoms with Crippen LogP contribution in [-0.2, 0) is 16.0 Å². The lowest BCUT2D eigenvalue weighted by Crippen LogP contribution is -2.46. The molecule has 0 saturated carbocycles. The smallest absolute Gasteiger partial charge is 0.335 e. The third-order valence-electron chi connectivity index (χ3n) is 5.33. The summed E-state index contributed by atoms with van der Waals surface area (Å²) in [5, 5.41) is 12.3. The van der Waals surface area contributed by atoms with Gasteiger partial charge in [-0.25, -0.2) is 9.79 Å². The van der Waals surface area contributed by atoms with Crippen LogP contribution >= 0.6 is 23.4 Å². The molecular weight excluding hydrogens is 486 g/mol. The van der Waals surface area contributed by atoms with Crippen molar-refractivity contribution in [3.8, 4) is 0 Å². The fraction of sp³-hybridized carbons (Fsp3) is 0.154. The first kappa shape index (κ1) is 24.5. The van der Waals surface area contributed by atoms with Gasteiger partial charge in [0.2, 0.25) is 11.8 Å². The largest absolute Gasteiger partial charge is 0.478 e. The molecule has 4 rings (SSSR count). The van der Waals surface area contributed by atoms with Gasteiger partial charge in [0.15, 0.2) is 5.17 Å². The van der Waals surface area contributed by atoms with Gasteiger partial charge in [-0.05, 0) is 54.4 Å². The van der Waals surface area contributed by atoms with Crippen molar-refractivity contribution < 1.29 is 19.5 Å². The minimum Gasteiger partial charge on any atom is -0.478 e. The second-order valence-electron chi connectivity index (χ2n) is 7.84. The first-order valence-electron chi connectivity index (χ1n) is 10.9. The van der Waals surface area contributed by atoms with E-state index in [9.17, 15) is 19.5 Å². The fourth-order valence-electron chi connectivity index (χ4n) is 3.52. The maximum Gasteiger partial charge on any atom is 0.335 e. The highest BCUT2D eigenvalue weighted by Crippen LogP contribution is 2.30. The van der Waals surface area contributed by atoms with Gasteiger partial charge < -0.3 is 10.4 Å². The molecule has 2 amide bonds. The Balaban J connectivity index is 1.53. The summed E-state index contributed by atoms with van der Waals surface area (Å²) in [6.07, 6.45) is 0.611. The number of amides is 2. The maximum atomic E-state index is 13.1. The summed E-state index contributed by atoms with van der Waals surface area (Å²) >= 11 is 7.19. The van der Waals surface area contributed by atoms with Crippen LogP contribution in [-0.4, -0.2) is 44.8 Å². The van der Waals surface area contributed by atoms with Crippen LogP contribution in [0.25, 0.3) is 0 Å². The van der Waals surface area contributed by atoms with E-state index >= 15 is 0 Å². The van der Waals surface area contributed by atoms with Gasteiger partial charge in [0.25, 0.3) is 0 Å². The van der Waals surface area contributed by atoms with Gasteiger partial charge in [-0.1, -0.05) is 59.8 Å². The van der Waals surface area contributed by atoms with Gasteiger partial charge in [-0.3, -0.25) is 14.5 Å². The van der Waals surface area contributed by atoms with E-state index in [-0.39, 0.29) is 23.8 Å². The minimum absolute atomic E-state index is 0.00352. The van der Waals surface area contributed by atoms with Crippen molar-refractivity contribution in [2.75, 3.05) is 11.9 Å². The van der Waals surface area contributed by atoms with Gasteiger partial charge in [0, 0.05) is 23.7 Å². The SMILES string of the molecule is O=C(O)c1cccc(NC(=O)C2CC(=O)N(CCc3ccc(Cl)cc3)C(=Nc3ccccc3)S2)c1. The summed E-state index contributed by atoms with van der Waals surface area (Å²) in [5.41, 5.74) is 2.13. The number of carboxylic acids is 1. The number of benzene rings is 3. The van der Waals surface area contributed by atoms with E-state index in [1.807, 2.05) is 54.6 Å². The summed E-state index contributed by atoms with van der Waals surface area (Å²) in [6.45, 7) is 0.411. The molecule has 1 fully saturated rings. The van der Waals surface area contributed by atoms with Crippen molar-refractivity contribution in [1.29, 1.82) is 0 Å². The Morgan fingerprint density at radius 1 is 1.06 bits per heavy atom. The fourth-order valence-corrected chi connectivity index (χ4v) is 4.77. The number of amidine groups is 1. The van der Waals surface area contributed by atoms with Crippen LogP contribution in [0.1, 0.15) is 22.3 Å². The number of carboxylic acid groups (broad SMARTS) is 1. The number of carbonyl (C=O) groups excluding carboxylic acids is 2. The van der Waals surface area contributed by atoms with E-state index in [0.29, 0.717) is 34.5 Å². The van der Waals surface area contributed by atoms with Crippen molar-refractivity contribution >= 4 is 57.7 Å². The number of hydrogen-bond acceptors (Lipinski definition) is 5. The van der Waals surface area contributed by atoms with E-state index in [1.165, 1.54) is 23.9 Å². The molecule has 9 heteroatoms. The maximum absolute atomic E-state index is 13.1. The molecule has 3 aromatic rings. The second-order valence-corrected chi connectivity index (χ2v) is 9.44. The lowest BCUT2D eigenvalue weighted by molar-refractivity contribution is -0.129. The quantitative estimate of drug-likeness (QED) is 0.455. The number of para-hydroxylation sites is 1. The molecular formula is C26H22ClN3O4S. The Labute approximate surface area is 211 Å². The molecule has 2 N–H and O–H groups in total. The molecule has 7 nitrogen and oxygen atoms in total. The standard InChI is InChI=1S/C26H22ClN3O4S/c27-19-11-9-17(10-12-19)13-14-30-23(31)16-22(35-26(30)29-20-6-2-1-3-7-20)24(32)28-21-8-4-5-18(15-21)25(33)34/h1-12,15,22H,13-14,16H2,(H,28,32)(H,33,34). The summed E-state index contributed by atoms with van der Waals surface area (Å²) in [5.74, 6) is -1.67. The van der Waals surface area contributed by atoms with E-state index in [0.717, 1.165) is 5.56 Å². The first-order chi connectivity index (χ1) is 16.9. The molecule has 1 heterocycles. The van der Waals surface area contributed by atoms with Crippen LogP contribution < -0.4 is 5.32 Å². The zero-order valence-electron chi connectivity index (χ0n) is 18.6. The molecule has 0 aromatic heterocycles. The van der Waals surface area contributed by atoms with Crippen molar-refractivity contribution in [3.05, 3.63) is 95.0 Å². The molecule has 35 heavy (non-hydrogen) atoms. The number of aliphatic imine (C=N–C) groups is 1. The lowest BCUT2D eigenvalue weighted by Gasteiger charge is -2.32. The van der Waals surface area contributed by atoms with Crippen LogP contribution in [0.4, 0.5) is 11.4 Å². The Kier molecular flexibility index (Phi) is 7.84. The summed E-state index contributed by atoms with van der Waals surface area (Å²) < 4.78 is 0. The minimum atomic E-state index is -1.09. The van der Waals surface area contributed by atoms with Crippen LogP contribution in [0.5, 0.6) is 0 Å². The van der Waals surface area contributed by atoms with E-state index in [2.05, 4.69) is 10.3 Å². The number of anilines is 1. The first-order valence-corrected chi connectivity index (χ1v) is 12.1. The molecule has 1 atom stereocenters. The predicted molar refractivity (Wildman–Crippen MR) is 138 cm³/mol. The van der Waals surface area contributed by atoms with Gasteiger partial charge in [-0.2, -0.15) is 0 Å². The van der Waals surface area contributed by atoms with Crippen LogP contribution in [0.15, 0.2) is 83.9 Å². The average molecular weight is 508 g/mol. The third-order valence-corrected chi connectivity index (χ3v) is 6.77. The number of rotatable bonds is 7. The number of nitrogens with one attached hydrogen (secondary N) is 1. The molecule has 178 valence electrons. The third kappa shape index (κ3) is 6.49. The van der Waals surface area contributed by atoms with Crippen molar-refractivity contribution in [1.82, 2.24) is 4.90 Å². The van der Waals surface area contributed by atoms with Gasteiger partial charge in [0.1, 0.15) is 5.25 Å². The summed E-state index contributed by atoms with van der Waals surface area (Å²) in [4.78, 5) is 43.6. The topological polar surface area (TPSA) is 99.1 Å². The van der Waals surface area contributed by atoms with E-state index in [4.69, 9.17) is 11.6 Å². The Morgan fingerprint density at radius 3 is 2.51 bits per heavy atom. The van der Waals surface area contributed by atoms with Crippen LogP contribution in [0, 0.1) is 0 Å². The van der Waals surface area contributed by atoms with Crippen molar-refractivity contribution in [2.24, 2.45) is 4.99 Å². The van der Waals surface area contributed by atoms with Crippen molar-refractivity contribution in [2.45, 2.75) is 18.1 Å². The molecule has 0 aliphatic carbocycles. The summed E-state index contributed by atoms with van der Waals surface area (Å²) in [6, 6.07) is 22.7. The molecule has 1 aliphatic rings. The number of thioether (sulfide) groups is 1. The molecule has 1 unspecified atom stereocenters. The zero-order chi connectivity index (χ0) is 24.8. The highest BCUT2D eigenvalue weighted by Gasteiger charge is 2.35.